The van der Waals surface area contributed by atoms with E-state index in [9.17, 15) is 19.1 Å². The van der Waals surface area contributed by atoms with Crippen molar-refractivity contribution < 1.29 is 33.3 Å². The Hall–Kier alpha value is -4.44. The molecule has 3 aromatic carbocycles. The molecule has 0 aliphatic carbocycles. The number of hydrogen-bond donors (Lipinski definition) is 1. The van der Waals surface area contributed by atoms with E-state index in [1.807, 2.05) is 6.92 Å². The number of rotatable bonds is 6. The zero-order valence-corrected chi connectivity index (χ0v) is 21.8. The lowest BCUT2D eigenvalue weighted by atomic mass is 9.94. The van der Waals surface area contributed by atoms with Gasteiger partial charge in [-0.15, -0.1) is 0 Å². The third-order valence-electron chi connectivity index (χ3n) is 6.32. The van der Waals surface area contributed by atoms with Crippen molar-refractivity contribution in [3.8, 4) is 17.2 Å². The molecule has 1 atom stereocenters. The summed E-state index contributed by atoms with van der Waals surface area (Å²) in [7, 11) is 4.36. The first-order valence-corrected chi connectivity index (χ1v) is 12.3. The summed E-state index contributed by atoms with van der Waals surface area (Å²) in [4.78, 5) is 32.7. The zero-order valence-electron chi connectivity index (χ0n) is 20.9. The van der Waals surface area contributed by atoms with Crippen molar-refractivity contribution >= 4 is 44.1 Å². The van der Waals surface area contributed by atoms with Gasteiger partial charge in [0.2, 0.25) is 5.75 Å². The van der Waals surface area contributed by atoms with Crippen LogP contribution in [0.15, 0.2) is 60.2 Å². The Balaban J connectivity index is 1.78. The molecule has 1 aliphatic rings. The van der Waals surface area contributed by atoms with Gasteiger partial charge >= 0.3 is 5.91 Å². The molecule has 8 nitrogen and oxygen atoms in total. The normalized spacial score (nSPS) is 16.8. The Bertz CT molecular complexity index is 1590. The fourth-order valence-electron chi connectivity index (χ4n) is 4.46. The first kappa shape index (κ1) is 25.2. The molecular weight excluding hydrogens is 511 g/mol. The Morgan fingerprint density at radius 3 is 2.24 bits per heavy atom. The highest BCUT2D eigenvalue weighted by Gasteiger charge is 2.48. The van der Waals surface area contributed by atoms with Crippen molar-refractivity contribution in [3.05, 3.63) is 82.7 Å². The van der Waals surface area contributed by atoms with Crippen LogP contribution in [0.4, 0.5) is 9.52 Å². The number of amides is 1. The number of fused-ring (bicyclic) bond motifs is 1. The highest BCUT2D eigenvalue weighted by molar-refractivity contribution is 7.22. The molecule has 4 aromatic rings. The van der Waals surface area contributed by atoms with Crippen molar-refractivity contribution in [1.29, 1.82) is 0 Å². The van der Waals surface area contributed by atoms with Gasteiger partial charge in [-0.05, 0) is 42.8 Å². The molecule has 0 unspecified atom stereocenters. The number of ketones is 1. The topological polar surface area (TPSA) is 98.2 Å². The number of ether oxygens (including phenoxy) is 3. The first-order chi connectivity index (χ1) is 18.3. The summed E-state index contributed by atoms with van der Waals surface area (Å²) in [5.41, 5.74) is 2.09. The average molecular weight is 535 g/mol. The Labute approximate surface area is 221 Å². The number of carbonyl (C=O) groups is 2. The maximum atomic E-state index is 13.9. The van der Waals surface area contributed by atoms with Crippen molar-refractivity contribution in [3.63, 3.8) is 0 Å². The van der Waals surface area contributed by atoms with Crippen LogP contribution >= 0.6 is 11.3 Å². The number of Topliss-reactive ketones (excluding diaryl/α,β-unsaturated/α-hetero) is 1. The number of halogens is 1. The Morgan fingerprint density at radius 1 is 0.974 bits per heavy atom. The number of aromatic nitrogens is 1. The smallest absolute Gasteiger partial charge is 0.301 e. The van der Waals surface area contributed by atoms with Crippen LogP contribution in [-0.2, 0) is 9.59 Å². The molecule has 1 amide bonds. The van der Waals surface area contributed by atoms with Crippen LogP contribution in [0, 0.1) is 12.7 Å². The van der Waals surface area contributed by atoms with E-state index in [0.717, 1.165) is 16.9 Å². The van der Waals surface area contributed by atoms with E-state index < -0.39 is 23.5 Å². The summed E-state index contributed by atoms with van der Waals surface area (Å²) in [6.45, 7) is 1.90. The molecule has 5 rings (SSSR count). The van der Waals surface area contributed by atoms with Gasteiger partial charge in [0.1, 0.15) is 11.6 Å². The van der Waals surface area contributed by atoms with E-state index in [1.54, 1.807) is 36.4 Å². The average Bonchev–Trinajstić information content (AvgIpc) is 3.45. The van der Waals surface area contributed by atoms with Gasteiger partial charge in [0.05, 0.1) is 43.2 Å². The molecule has 0 bridgehead atoms. The van der Waals surface area contributed by atoms with Crippen LogP contribution in [0.2, 0.25) is 0 Å². The minimum Gasteiger partial charge on any atom is -0.507 e. The molecule has 194 valence electrons. The zero-order chi connectivity index (χ0) is 27.1. The number of methoxy groups -OCH3 is 3. The van der Waals surface area contributed by atoms with Crippen LogP contribution in [0.1, 0.15) is 22.7 Å². The number of thiazole rings is 1. The Kier molecular flexibility index (Phi) is 6.50. The molecule has 0 spiro atoms. The number of aliphatic hydroxyl groups is 1. The standard InChI is InChI=1S/C28H23FN2O6S/c1-14-5-7-15(8-6-14)24(32)22-23(16-11-19(35-2)26(37-4)20(12-16)36-3)31(27(34)25(22)33)28-30-18-10-9-17(29)13-21(18)38-28/h5-13,23,32H,1-4H3/t23-/m0/s1. The fourth-order valence-corrected chi connectivity index (χ4v) is 5.48. The minimum absolute atomic E-state index is 0.126. The lowest BCUT2D eigenvalue weighted by Gasteiger charge is -2.24. The van der Waals surface area contributed by atoms with Crippen LogP contribution in [-0.4, -0.2) is 43.1 Å². The lowest BCUT2D eigenvalue weighted by molar-refractivity contribution is -0.132. The number of aliphatic hydroxyl groups excluding tert-OH is 1. The van der Waals surface area contributed by atoms with Crippen molar-refractivity contribution in [2.24, 2.45) is 0 Å². The number of carbonyl (C=O) groups excluding carboxylic acids is 2. The van der Waals surface area contributed by atoms with Gasteiger partial charge in [-0.1, -0.05) is 41.2 Å². The Morgan fingerprint density at radius 2 is 1.63 bits per heavy atom. The van der Waals surface area contributed by atoms with Crippen LogP contribution in [0.3, 0.4) is 0 Å². The molecular formula is C28H23FN2O6S. The van der Waals surface area contributed by atoms with Gasteiger partial charge in [-0.3, -0.25) is 14.5 Å². The SMILES string of the molecule is COc1cc([C@H]2C(=C(O)c3ccc(C)cc3)C(=O)C(=O)N2c2nc3ccc(F)cc3s2)cc(OC)c1OC. The summed E-state index contributed by atoms with van der Waals surface area (Å²) in [5, 5.41) is 11.5. The third-order valence-corrected chi connectivity index (χ3v) is 7.33. The fraction of sp³-hybridized carbons (Fsp3) is 0.179. The third kappa shape index (κ3) is 4.12. The number of aryl methyl sites for hydroxylation is 1. The monoisotopic (exact) mass is 534 g/mol. The van der Waals surface area contributed by atoms with Crippen molar-refractivity contribution in [1.82, 2.24) is 4.98 Å². The summed E-state index contributed by atoms with van der Waals surface area (Å²) >= 11 is 1.06. The number of benzene rings is 3. The lowest BCUT2D eigenvalue weighted by Crippen LogP contribution is -2.29. The molecule has 10 heteroatoms. The number of anilines is 1. The first-order valence-electron chi connectivity index (χ1n) is 11.5. The highest BCUT2D eigenvalue weighted by Crippen LogP contribution is 2.48. The van der Waals surface area contributed by atoms with Gasteiger partial charge in [-0.25, -0.2) is 9.37 Å². The summed E-state index contributed by atoms with van der Waals surface area (Å²) < 4.78 is 30.8. The van der Waals surface area contributed by atoms with E-state index >= 15 is 0 Å². The summed E-state index contributed by atoms with van der Waals surface area (Å²) in [6.07, 6.45) is 0. The van der Waals surface area contributed by atoms with E-state index in [-0.39, 0.29) is 16.5 Å². The van der Waals surface area contributed by atoms with Gasteiger partial charge in [0.25, 0.3) is 5.78 Å². The highest BCUT2D eigenvalue weighted by atomic mass is 32.1. The van der Waals surface area contributed by atoms with Crippen LogP contribution in [0.25, 0.3) is 16.0 Å². The van der Waals surface area contributed by atoms with Gasteiger partial charge < -0.3 is 19.3 Å². The molecule has 0 radical (unpaired) electrons. The molecule has 1 aliphatic heterocycles. The van der Waals surface area contributed by atoms with E-state index in [4.69, 9.17) is 14.2 Å². The molecule has 0 saturated carbocycles. The van der Waals surface area contributed by atoms with E-state index in [0.29, 0.717) is 38.6 Å². The predicted octanol–water partition coefficient (Wildman–Crippen LogP) is 5.40. The van der Waals surface area contributed by atoms with E-state index in [2.05, 4.69) is 4.98 Å². The second-order valence-electron chi connectivity index (χ2n) is 8.60. The van der Waals surface area contributed by atoms with Crippen LogP contribution in [0.5, 0.6) is 17.2 Å². The van der Waals surface area contributed by atoms with Gasteiger partial charge in [-0.2, -0.15) is 0 Å². The van der Waals surface area contributed by atoms with Gasteiger partial charge in [0, 0.05) is 5.56 Å². The predicted molar refractivity (Wildman–Crippen MR) is 142 cm³/mol. The van der Waals surface area contributed by atoms with Crippen molar-refractivity contribution in [2.45, 2.75) is 13.0 Å². The second-order valence-corrected chi connectivity index (χ2v) is 9.61. The quantitative estimate of drug-likeness (QED) is 0.201. The second kappa shape index (κ2) is 9.79. The molecule has 1 fully saturated rings. The maximum Gasteiger partial charge on any atom is 0.301 e. The van der Waals surface area contributed by atoms with E-state index in [1.165, 1.54) is 44.4 Å². The largest absolute Gasteiger partial charge is 0.507 e. The molecule has 38 heavy (non-hydrogen) atoms. The van der Waals surface area contributed by atoms with Crippen LogP contribution < -0.4 is 19.1 Å². The summed E-state index contributed by atoms with van der Waals surface area (Å²) in [5.74, 6) is -1.62. The minimum atomic E-state index is -1.09. The number of hydrogen-bond acceptors (Lipinski definition) is 8. The molecule has 1 N–H and O–H groups in total. The van der Waals surface area contributed by atoms with Crippen molar-refractivity contribution in [2.75, 3.05) is 26.2 Å². The molecule has 1 aromatic heterocycles. The molecule has 1 saturated heterocycles. The maximum absolute atomic E-state index is 13.9. The van der Waals surface area contributed by atoms with Gasteiger partial charge in [0.15, 0.2) is 16.6 Å². The summed E-state index contributed by atoms with van der Waals surface area (Å²) in [6, 6.07) is 13.2. The number of nitrogens with zero attached hydrogens (tertiary/aromatic N) is 2. The molecule has 2 heterocycles.